The molecule has 0 amide bonds. The average Bonchev–Trinajstić information content (AvgIpc) is 2.89. The molecular weight excluding hydrogens is 388 g/mol. The minimum absolute atomic E-state index is 0.0977. The quantitative estimate of drug-likeness (QED) is 0.410. The zero-order valence-electron chi connectivity index (χ0n) is 26.8. The minimum Gasteiger partial charge on any atom is -0.478 e. The predicted octanol–water partition coefficient (Wildman–Crippen LogP) is 4.44. The minimum atomic E-state index is -3.07. The van der Waals surface area contributed by atoms with Crippen LogP contribution in [-0.2, 0) is 0 Å². The summed E-state index contributed by atoms with van der Waals surface area (Å²) in [6.07, 6.45) is -2.38. The lowest BCUT2D eigenvalue weighted by Gasteiger charge is -2.13. The van der Waals surface area contributed by atoms with Gasteiger partial charge < -0.3 is 20.8 Å². The van der Waals surface area contributed by atoms with Gasteiger partial charge in [0.2, 0.25) is 0 Å². The van der Waals surface area contributed by atoms with Crippen molar-refractivity contribution < 1.29 is 31.5 Å². The van der Waals surface area contributed by atoms with E-state index in [1.54, 1.807) is 0 Å². The first-order valence-corrected chi connectivity index (χ1v) is 8.61. The second-order valence-corrected chi connectivity index (χ2v) is 5.94. The number of hydrogen-bond acceptors (Lipinski definition) is 4. The number of halogens is 1. The second-order valence-electron chi connectivity index (χ2n) is 5.57. The fraction of sp³-hybridized carbons (Fsp3) is 0.174. The third-order valence-electron chi connectivity index (χ3n) is 3.56. The van der Waals surface area contributed by atoms with E-state index in [9.17, 15) is 15.0 Å². The first-order valence-electron chi connectivity index (χ1n) is 14.2. The van der Waals surface area contributed by atoms with Crippen LogP contribution in [0.3, 0.4) is 0 Å². The van der Waals surface area contributed by atoms with E-state index in [1.807, 2.05) is 5.32 Å². The van der Waals surface area contributed by atoms with Crippen molar-refractivity contribution >= 4 is 23.3 Å². The van der Waals surface area contributed by atoms with Gasteiger partial charge >= 0.3 is 5.97 Å². The summed E-state index contributed by atoms with van der Waals surface area (Å²) >= 11 is 5.83. The maximum atomic E-state index is 11.4. The molecule has 0 saturated heterocycles. The van der Waals surface area contributed by atoms with Gasteiger partial charge in [-0.25, -0.2) is 4.79 Å². The number of carboxylic acids is 1. The second kappa shape index (κ2) is 10.1. The first kappa shape index (κ1) is 10.3. The molecule has 0 heterocycles. The molecule has 0 bridgehead atoms. The van der Waals surface area contributed by atoms with Crippen LogP contribution in [0.5, 0.6) is 0 Å². The number of anilines is 1. The van der Waals surface area contributed by atoms with E-state index < -0.39 is 96.2 Å². The van der Waals surface area contributed by atoms with Crippen molar-refractivity contribution in [2.75, 3.05) is 24.9 Å². The van der Waals surface area contributed by atoms with Crippen LogP contribution in [0, 0.1) is 0 Å². The van der Waals surface area contributed by atoms with Gasteiger partial charge in [-0.15, -0.1) is 0 Å². The van der Waals surface area contributed by atoms with E-state index in [0.717, 1.165) is 0 Å². The van der Waals surface area contributed by atoms with Crippen LogP contribution in [-0.4, -0.2) is 35.7 Å². The molecule has 0 aliphatic carbocycles. The maximum absolute atomic E-state index is 11.4. The van der Waals surface area contributed by atoms with Crippen LogP contribution < -0.4 is 10.6 Å². The van der Waals surface area contributed by atoms with Crippen molar-refractivity contribution in [2.45, 2.75) is 6.10 Å². The standard InChI is InChI=1S/C23H23ClN2O3/c24-20-8-2-6-18(13-20)22(27)15-25-10-11-26-21-9-3-5-17(14-21)16-4-1-7-19(12-16)23(28)29/h1-9,12-14,22,25-27H,10-11,15H2,(H,28,29)/t22-/m0/s1/i2D,3D,5D,6D,8D,9D,10D2,13D,14D,15D2. The molecule has 0 aliphatic rings. The summed E-state index contributed by atoms with van der Waals surface area (Å²) in [5, 5.41) is 23.7. The Labute approximate surface area is 191 Å². The van der Waals surface area contributed by atoms with Gasteiger partial charge in [-0.1, -0.05) is 47.9 Å². The normalized spacial score (nSPS) is 18.7. The number of rotatable bonds is 9. The Morgan fingerprint density at radius 2 is 2.00 bits per heavy atom. The number of carbonyl (C=O) groups is 1. The summed E-state index contributed by atoms with van der Waals surface area (Å²) in [4.78, 5) is 11.4. The maximum Gasteiger partial charge on any atom is 0.335 e. The summed E-state index contributed by atoms with van der Waals surface area (Å²) < 4.78 is 97.3. The number of hydrogen-bond donors (Lipinski definition) is 4. The average molecular weight is 423 g/mol. The number of benzene rings is 3. The smallest absolute Gasteiger partial charge is 0.335 e. The Hall–Kier alpha value is -2.86. The highest BCUT2D eigenvalue weighted by Crippen LogP contribution is 2.23. The zero-order chi connectivity index (χ0) is 31.2. The third-order valence-corrected chi connectivity index (χ3v) is 3.75. The number of nitrogens with one attached hydrogen (secondary N) is 2. The molecule has 0 fully saturated rings. The Bertz CT molecular complexity index is 1510. The number of carboxylic acid groups (broad SMARTS) is 1. The van der Waals surface area contributed by atoms with E-state index in [2.05, 4.69) is 5.32 Å². The lowest BCUT2D eigenvalue weighted by molar-refractivity contribution is 0.0697. The first-order chi connectivity index (χ1) is 18.8. The van der Waals surface area contributed by atoms with Crippen LogP contribution >= 0.6 is 11.6 Å². The topological polar surface area (TPSA) is 81.6 Å². The summed E-state index contributed by atoms with van der Waals surface area (Å²) in [5.74, 6) is -1.27. The van der Waals surface area contributed by atoms with Gasteiger partial charge in [-0.05, 0) is 53.0 Å². The number of aliphatic hydroxyl groups is 1. The molecule has 4 N–H and O–H groups in total. The van der Waals surface area contributed by atoms with Gasteiger partial charge in [0.25, 0.3) is 0 Å². The van der Waals surface area contributed by atoms with Gasteiger partial charge in [0, 0.05) is 35.7 Å². The summed E-state index contributed by atoms with van der Waals surface area (Å²) in [5.41, 5.74) is -1.38. The summed E-state index contributed by atoms with van der Waals surface area (Å²) in [6, 6.07) is -0.0996. The highest BCUT2D eigenvalue weighted by Gasteiger charge is 2.07. The molecule has 0 saturated carbocycles. The summed E-state index contributed by atoms with van der Waals surface area (Å²) in [7, 11) is 0. The van der Waals surface area contributed by atoms with Crippen molar-refractivity contribution in [2.24, 2.45) is 0 Å². The molecule has 0 spiro atoms. The van der Waals surface area contributed by atoms with Gasteiger partial charge in [0.1, 0.15) is 0 Å². The van der Waals surface area contributed by atoms with Crippen LogP contribution in [0.15, 0.2) is 72.6 Å². The molecule has 3 aromatic rings. The van der Waals surface area contributed by atoms with Crippen molar-refractivity contribution in [3.63, 3.8) is 0 Å². The van der Waals surface area contributed by atoms with Crippen molar-refractivity contribution in [1.29, 1.82) is 0 Å². The Balaban J connectivity index is 1.94. The van der Waals surface area contributed by atoms with Crippen LogP contribution in [0.2, 0.25) is 5.02 Å². The third kappa shape index (κ3) is 6.06. The number of aliphatic hydroxyl groups excluding tert-OH is 1. The lowest BCUT2D eigenvalue weighted by atomic mass is 10.0. The molecule has 3 rings (SSSR count). The fourth-order valence-electron chi connectivity index (χ4n) is 2.22. The molecular formula is C23H23ClN2O3. The van der Waals surface area contributed by atoms with E-state index in [1.165, 1.54) is 24.3 Å². The molecule has 0 unspecified atom stereocenters. The molecule has 6 heteroatoms. The summed E-state index contributed by atoms with van der Waals surface area (Å²) in [6.45, 7) is -6.67. The Kier molecular flexibility index (Phi) is 3.56. The SMILES string of the molecule is [2H]c1c([2H])c(NCC([2H])([2H])NC([2H])([2H])[C@H](O)c2c([2H])c([2H])c([2H])c(Cl)c2[2H])c([2H])c(-c2cccc(C(=O)O)c2)c1[2H]. The monoisotopic (exact) mass is 422 g/mol. The largest absolute Gasteiger partial charge is 0.478 e. The lowest BCUT2D eigenvalue weighted by Crippen LogP contribution is -2.26. The van der Waals surface area contributed by atoms with E-state index in [4.69, 9.17) is 28.1 Å². The molecule has 0 radical (unpaired) electrons. The van der Waals surface area contributed by atoms with Gasteiger partial charge in [-0.2, -0.15) is 0 Å². The fourth-order valence-corrected chi connectivity index (χ4v) is 2.37. The van der Waals surface area contributed by atoms with Gasteiger partial charge in [0.15, 0.2) is 0 Å². The van der Waals surface area contributed by atoms with E-state index in [-0.39, 0.29) is 16.7 Å². The molecule has 0 aliphatic heterocycles. The zero-order valence-corrected chi connectivity index (χ0v) is 15.5. The molecule has 29 heavy (non-hydrogen) atoms. The van der Waals surface area contributed by atoms with Gasteiger partial charge in [0.05, 0.1) is 22.6 Å². The molecule has 1 atom stereocenters. The molecule has 150 valence electrons. The highest BCUT2D eigenvalue weighted by atomic mass is 35.5. The predicted molar refractivity (Wildman–Crippen MR) is 117 cm³/mol. The van der Waals surface area contributed by atoms with E-state index in [0.29, 0.717) is 0 Å². The molecule has 3 aromatic carbocycles. The Morgan fingerprint density at radius 1 is 1.17 bits per heavy atom. The van der Waals surface area contributed by atoms with Crippen molar-refractivity contribution in [3.8, 4) is 11.1 Å². The van der Waals surface area contributed by atoms with Crippen LogP contribution in [0.25, 0.3) is 11.1 Å². The van der Waals surface area contributed by atoms with Crippen LogP contribution in [0.4, 0.5) is 5.69 Å². The van der Waals surface area contributed by atoms with Crippen LogP contribution in [0.1, 0.15) is 38.5 Å². The van der Waals surface area contributed by atoms with Crippen molar-refractivity contribution in [1.82, 2.24) is 5.32 Å². The van der Waals surface area contributed by atoms with Crippen molar-refractivity contribution in [3.05, 3.63) is 88.8 Å². The Morgan fingerprint density at radius 3 is 2.83 bits per heavy atom. The highest BCUT2D eigenvalue weighted by molar-refractivity contribution is 6.30. The van der Waals surface area contributed by atoms with Gasteiger partial charge in [-0.3, -0.25) is 0 Å². The molecule has 0 aromatic heterocycles. The number of aromatic carboxylic acids is 1. The molecule has 5 nitrogen and oxygen atoms in total. The van der Waals surface area contributed by atoms with E-state index >= 15 is 0 Å².